The Morgan fingerprint density at radius 1 is 1.19 bits per heavy atom. The van der Waals surface area contributed by atoms with Crippen LogP contribution in [0.1, 0.15) is 38.7 Å². The van der Waals surface area contributed by atoms with Gasteiger partial charge in [-0.05, 0) is 24.3 Å². The Kier molecular flexibility index (Phi) is 7.86. The van der Waals surface area contributed by atoms with Crippen LogP contribution in [0.5, 0.6) is 0 Å². The molecule has 0 aliphatic carbocycles. The second kappa shape index (κ2) is 7.92. The van der Waals surface area contributed by atoms with Gasteiger partial charge in [-0.1, -0.05) is 44.2 Å². The number of rotatable bonds is 6. The third-order valence-electron chi connectivity index (χ3n) is 3.47. The maximum atomic E-state index is 11.7. The number of benzene rings is 1. The molecule has 0 bridgehead atoms. The van der Waals surface area contributed by atoms with E-state index < -0.39 is 27.0 Å². The van der Waals surface area contributed by atoms with Crippen LogP contribution in [0.2, 0.25) is 0 Å². The number of carbonyl (C=O) groups is 1. The molecular formula is C15H20Cl4O2. The molecule has 0 spiro atoms. The van der Waals surface area contributed by atoms with Crippen LogP contribution in [0.3, 0.4) is 0 Å². The van der Waals surface area contributed by atoms with Crippen molar-refractivity contribution in [2.45, 2.75) is 42.8 Å². The van der Waals surface area contributed by atoms with Gasteiger partial charge in [0.05, 0.1) is 5.92 Å². The Morgan fingerprint density at radius 2 is 1.67 bits per heavy atom. The lowest BCUT2D eigenvalue weighted by molar-refractivity contribution is -0.141. The summed E-state index contributed by atoms with van der Waals surface area (Å²) >= 11 is 18.4. The number of carboxylic acid groups (broad SMARTS) is 1. The molecule has 0 heterocycles. The molecule has 2 unspecified atom stereocenters. The molecule has 0 aliphatic heterocycles. The molecule has 2 nitrogen and oxygen atoms in total. The third-order valence-corrected chi connectivity index (χ3v) is 4.49. The van der Waals surface area contributed by atoms with Gasteiger partial charge in [0.2, 0.25) is 0 Å². The number of hydrogen-bond donors (Lipinski definition) is 1. The van der Waals surface area contributed by atoms with E-state index in [0.717, 1.165) is 5.56 Å². The van der Waals surface area contributed by atoms with Crippen molar-refractivity contribution in [1.29, 1.82) is 0 Å². The lowest BCUT2D eigenvalue weighted by atomic mass is 9.71. The van der Waals surface area contributed by atoms with Crippen molar-refractivity contribution >= 4 is 53.2 Å². The van der Waals surface area contributed by atoms with Crippen LogP contribution in [0.15, 0.2) is 30.3 Å². The highest BCUT2D eigenvalue weighted by atomic mass is 35.5. The summed E-state index contributed by atoms with van der Waals surface area (Å²) in [5.41, 5.74) is 0.0289. The van der Waals surface area contributed by atoms with E-state index in [1.165, 1.54) is 0 Å². The third kappa shape index (κ3) is 5.86. The van der Waals surface area contributed by atoms with E-state index in [1.807, 2.05) is 32.0 Å². The summed E-state index contributed by atoms with van der Waals surface area (Å²) in [7, 11) is 0. The molecule has 0 radical (unpaired) electrons. The van der Waals surface area contributed by atoms with Crippen LogP contribution in [0.25, 0.3) is 0 Å². The SMILES string of the molecule is CC(Cl)(Cl)CC(Cl)C(C)(C)C(C(=O)O)c1ccccc1.Cl. The van der Waals surface area contributed by atoms with Gasteiger partial charge < -0.3 is 5.11 Å². The number of aliphatic carboxylic acids is 1. The van der Waals surface area contributed by atoms with Gasteiger partial charge in [-0.3, -0.25) is 4.79 Å². The smallest absolute Gasteiger partial charge is 0.311 e. The topological polar surface area (TPSA) is 37.3 Å². The fourth-order valence-corrected chi connectivity index (χ4v) is 3.20. The molecule has 21 heavy (non-hydrogen) atoms. The van der Waals surface area contributed by atoms with Gasteiger partial charge >= 0.3 is 5.97 Å². The van der Waals surface area contributed by atoms with Gasteiger partial charge in [-0.25, -0.2) is 0 Å². The molecule has 0 aliphatic rings. The lowest BCUT2D eigenvalue weighted by Crippen LogP contribution is -2.38. The highest BCUT2D eigenvalue weighted by Crippen LogP contribution is 2.45. The average molecular weight is 374 g/mol. The summed E-state index contributed by atoms with van der Waals surface area (Å²) in [5.74, 6) is -1.63. The highest BCUT2D eigenvalue weighted by Gasteiger charge is 2.43. The van der Waals surface area contributed by atoms with E-state index in [0.29, 0.717) is 6.42 Å². The van der Waals surface area contributed by atoms with Crippen molar-refractivity contribution in [3.05, 3.63) is 35.9 Å². The van der Waals surface area contributed by atoms with Crippen molar-refractivity contribution in [2.24, 2.45) is 5.41 Å². The van der Waals surface area contributed by atoms with Crippen molar-refractivity contribution in [3.8, 4) is 0 Å². The number of alkyl halides is 3. The summed E-state index contributed by atoms with van der Waals surface area (Å²) < 4.78 is -0.983. The molecule has 1 aromatic carbocycles. The zero-order chi connectivity index (χ0) is 15.6. The van der Waals surface area contributed by atoms with Crippen molar-refractivity contribution in [1.82, 2.24) is 0 Å². The molecule has 1 N–H and O–H groups in total. The van der Waals surface area contributed by atoms with Gasteiger partial charge in [0, 0.05) is 5.38 Å². The van der Waals surface area contributed by atoms with E-state index in [4.69, 9.17) is 34.8 Å². The number of halogens is 4. The molecule has 1 aromatic rings. The fraction of sp³-hybridized carbons (Fsp3) is 0.533. The van der Waals surface area contributed by atoms with Gasteiger partial charge in [-0.2, -0.15) is 0 Å². The lowest BCUT2D eigenvalue weighted by Gasteiger charge is -2.37. The number of carboxylic acids is 1. The first-order valence-electron chi connectivity index (χ1n) is 6.35. The summed E-state index contributed by atoms with van der Waals surface area (Å²) in [5, 5.41) is 9.12. The quantitative estimate of drug-likeness (QED) is 0.669. The summed E-state index contributed by atoms with van der Waals surface area (Å²) in [6, 6.07) is 9.08. The summed E-state index contributed by atoms with van der Waals surface area (Å²) in [4.78, 5) is 11.7. The van der Waals surface area contributed by atoms with Crippen molar-refractivity contribution in [3.63, 3.8) is 0 Å². The van der Waals surface area contributed by atoms with Crippen LogP contribution in [0.4, 0.5) is 0 Å². The molecule has 120 valence electrons. The van der Waals surface area contributed by atoms with Gasteiger partial charge in [-0.15, -0.1) is 47.2 Å². The first kappa shape index (κ1) is 20.9. The molecule has 1 rings (SSSR count). The minimum absolute atomic E-state index is 0. The van der Waals surface area contributed by atoms with E-state index in [1.54, 1.807) is 19.1 Å². The van der Waals surface area contributed by atoms with E-state index in [-0.39, 0.29) is 12.4 Å². The molecular weight excluding hydrogens is 354 g/mol. The largest absolute Gasteiger partial charge is 0.481 e. The van der Waals surface area contributed by atoms with Crippen LogP contribution in [-0.4, -0.2) is 20.8 Å². The molecule has 6 heteroatoms. The maximum Gasteiger partial charge on any atom is 0.311 e. The van der Waals surface area contributed by atoms with Gasteiger partial charge in [0.1, 0.15) is 4.33 Å². The first-order valence-corrected chi connectivity index (χ1v) is 7.54. The van der Waals surface area contributed by atoms with Gasteiger partial charge in [0.15, 0.2) is 0 Å². The van der Waals surface area contributed by atoms with Crippen LogP contribution in [0, 0.1) is 5.41 Å². The molecule has 0 aromatic heterocycles. The monoisotopic (exact) mass is 372 g/mol. The Balaban J connectivity index is 0.00000400. The van der Waals surface area contributed by atoms with Crippen LogP contribution in [-0.2, 0) is 4.79 Å². The molecule has 0 saturated carbocycles. The minimum atomic E-state index is -0.983. The second-order valence-corrected chi connectivity index (χ2v) is 8.13. The zero-order valence-electron chi connectivity index (χ0n) is 12.1. The Hall–Kier alpha value is -0.150. The normalized spacial score (nSPS) is 15.0. The van der Waals surface area contributed by atoms with Crippen LogP contribution < -0.4 is 0 Å². The molecule has 0 fully saturated rings. The van der Waals surface area contributed by atoms with E-state index >= 15 is 0 Å². The van der Waals surface area contributed by atoms with Crippen molar-refractivity contribution in [2.75, 3.05) is 0 Å². The summed E-state index contributed by atoms with van der Waals surface area (Å²) in [6.07, 6.45) is 0.307. The predicted molar refractivity (Wildman–Crippen MR) is 92.2 cm³/mol. The Labute approximate surface area is 147 Å². The standard InChI is InChI=1S/C15H19Cl3O2.ClH/c1-14(2,11(16)9-15(3,17)18)12(13(19)20)10-7-5-4-6-8-10;/h4-8,11-12H,9H2,1-3H3,(H,19,20);1H. The Morgan fingerprint density at radius 3 is 2.05 bits per heavy atom. The van der Waals surface area contributed by atoms with E-state index in [9.17, 15) is 9.90 Å². The molecule has 0 amide bonds. The second-order valence-electron chi connectivity index (χ2n) is 5.75. The summed E-state index contributed by atoms with van der Waals surface area (Å²) in [6.45, 7) is 5.31. The van der Waals surface area contributed by atoms with Crippen molar-refractivity contribution < 1.29 is 9.90 Å². The number of hydrogen-bond acceptors (Lipinski definition) is 1. The predicted octanol–water partition coefficient (Wildman–Crippen LogP) is 5.49. The fourth-order valence-electron chi connectivity index (χ4n) is 2.29. The van der Waals surface area contributed by atoms with E-state index in [2.05, 4.69) is 0 Å². The first-order chi connectivity index (χ1) is 9.05. The van der Waals surface area contributed by atoms with Crippen LogP contribution >= 0.6 is 47.2 Å². The maximum absolute atomic E-state index is 11.7. The Bertz CT molecular complexity index is 454. The van der Waals surface area contributed by atoms with Gasteiger partial charge in [0.25, 0.3) is 0 Å². The molecule has 0 saturated heterocycles. The average Bonchev–Trinajstić information content (AvgIpc) is 2.27. The minimum Gasteiger partial charge on any atom is -0.481 e. The molecule has 2 atom stereocenters. The highest BCUT2D eigenvalue weighted by molar-refractivity contribution is 6.48. The zero-order valence-corrected chi connectivity index (χ0v) is 15.2.